The maximum absolute atomic E-state index is 13.0. The molecule has 0 aliphatic heterocycles. The summed E-state index contributed by atoms with van der Waals surface area (Å²) in [5, 5.41) is 18.1. The van der Waals surface area contributed by atoms with Crippen LogP contribution in [0.25, 0.3) is 0 Å². The zero-order chi connectivity index (χ0) is 12.3. The van der Waals surface area contributed by atoms with E-state index in [1.54, 1.807) is 0 Å². The van der Waals surface area contributed by atoms with Crippen molar-refractivity contribution in [2.45, 2.75) is 19.4 Å². The van der Waals surface area contributed by atoms with Gasteiger partial charge in [-0.2, -0.15) is 0 Å². The standard InChI is InChI=1S/C11H13FO4/c1-11(2,15)6-16-9-4-7(10(13)14)3-8(12)5-9/h3-5,15H,6H2,1-2H3,(H,13,14). The number of aliphatic hydroxyl groups is 1. The highest BCUT2D eigenvalue weighted by Crippen LogP contribution is 2.17. The first-order valence-electron chi connectivity index (χ1n) is 4.67. The molecule has 4 nitrogen and oxygen atoms in total. The lowest BCUT2D eigenvalue weighted by Crippen LogP contribution is -2.27. The molecule has 0 amide bonds. The molecule has 16 heavy (non-hydrogen) atoms. The molecule has 0 bridgehead atoms. The van der Waals surface area contributed by atoms with E-state index < -0.39 is 17.4 Å². The molecule has 0 heterocycles. The molecule has 0 saturated carbocycles. The molecule has 0 aliphatic rings. The Bertz CT molecular complexity index is 395. The van der Waals surface area contributed by atoms with Crippen molar-refractivity contribution in [3.8, 4) is 5.75 Å². The summed E-state index contributed by atoms with van der Waals surface area (Å²) in [6.07, 6.45) is 0. The summed E-state index contributed by atoms with van der Waals surface area (Å²) in [6.45, 7) is 3.02. The third-order valence-corrected chi connectivity index (χ3v) is 1.71. The molecule has 5 heteroatoms. The average molecular weight is 228 g/mol. The largest absolute Gasteiger partial charge is 0.490 e. The summed E-state index contributed by atoms with van der Waals surface area (Å²) in [7, 11) is 0. The minimum absolute atomic E-state index is 0.0461. The van der Waals surface area contributed by atoms with E-state index in [4.69, 9.17) is 9.84 Å². The number of rotatable bonds is 4. The SMILES string of the molecule is CC(C)(O)COc1cc(F)cc(C(=O)O)c1. The molecule has 0 aliphatic carbocycles. The van der Waals surface area contributed by atoms with Crippen LogP contribution in [-0.4, -0.2) is 28.4 Å². The predicted molar refractivity (Wildman–Crippen MR) is 55.2 cm³/mol. The Morgan fingerprint density at radius 1 is 1.44 bits per heavy atom. The van der Waals surface area contributed by atoms with Gasteiger partial charge in [-0.1, -0.05) is 0 Å². The van der Waals surface area contributed by atoms with E-state index in [0.717, 1.165) is 12.1 Å². The normalized spacial score (nSPS) is 11.2. The van der Waals surface area contributed by atoms with Gasteiger partial charge in [-0.25, -0.2) is 9.18 Å². The van der Waals surface area contributed by atoms with Crippen molar-refractivity contribution in [3.63, 3.8) is 0 Å². The van der Waals surface area contributed by atoms with Crippen LogP contribution in [0.5, 0.6) is 5.75 Å². The Morgan fingerprint density at radius 3 is 2.56 bits per heavy atom. The molecule has 0 saturated heterocycles. The van der Waals surface area contributed by atoms with E-state index in [0.29, 0.717) is 0 Å². The summed E-state index contributed by atoms with van der Waals surface area (Å²) >= 11 is 0. The van der Waals surface area contributed by atoms with Gasteiger partial charge in [0.25, 0.3) is 0 Å². The number of halogens is 1. The Hall–Kier alpha value is -1.62. The molecule has 2 N–H and O–H groups in total. The predicted octanol–water partition coefficient (Wildman–Crippen LogP) is 1.67. The highest BCUT2D eigenvalue weighted by Gasteiger charge is 2.14. The topological polar surface area (TPSA) is 66.8 Å². The summed E-state index contributed by atoms with van der Waals surface area (Å²) in [4.78, 5) is 10.6. The maximum Gasteiger partial charge on any atom is 0.335 e. The molecule has 1 aromatic rings. The number of ether oxygens (including phenoxy) is 1. The van der Waals surface area contributed by atoms with Gasteiger partial charge >= 0.3 is 5.97 Å². The number of carboxylic acid groups (broad SMARTS) is 1. The molecule has 0 spiro atoms. The van der Waals surface area contributed by atoms with Crippen LogP contribution in [0.15, 0.2) is 18.2 Å². The minimum Gasteiger partial charge on any atom is -0.490 e. The van der Waals surface area contributed by atoms with Crippen molar-refractivity contribution in [1.82, 2.24) is 0 Å². The van der Waals surface area contributed by atoms with E-state index in [2.05, 4.69) is 0 Å². The van der Waals surface area contributed by atoms with Crippen molar-refractivity contribution in [2.24, 2.45) is 0 Å². The quantitative estimate of drug-likeness (QED) is 0.822. The van der Waals surface area contributed by atoms with E-state index in [9.17, 15) is 14.3 Å². The van der Waals surface area contributed by atoms with Gasteiger partial charge in [0.1, 0.15) is 18.2 Å². The highest BCUT2D eigenvalue weighted by molar-refractivity contribution is 5.88. The number of carboxylic acids is 1. The second-order valence-corrected chi connectivity index (χ2v) is 4.08. The van der Waals surface area contributed by atoms with Crippen LogP contribution < -0.4 is 4.74 Å². The molecule has 88 valence electrons. The van der Waals surface area contributed by atoms with Crippen LogP contribution in [0.4, 0.5) is 4.39 Å². The molecule has 1 rings (SSSR count). The van der Waals surface area contributed by atoms with Gasteiger partial charge in [0.2, 0.25) is 0 Å². The molecular formula is C11H13FO4. The number of hydrogen-bond donors (Lipinski definition) is 2. The monoisotopic (exact) mass is 228 g/mol. The lowest BCUT2D eigenvalue weighted by molar-refractivity contribution is 0.0283. The molecule has 0 atom stereocenters. The first-order chi connectivity index (χ1) is 7.28. The summed E-state index contributed by atoms with van der Waals surface area (Å²) in [6, 6.07) is 3.18. The smallest absolute Gasteiger partial charge is 0.335 e. The second kappa shape index (κ2) is 4.49. The van der Waals surface area contributed by atoms with E-state index in [-0.39, 0.29) is 17.9 Å². The summed E-state index contributed by atoms with van der Waals surface area (Å²) in [5.41, 5.74) is -1.25. The van der Waals surface area contributed by atoms with Gasteiger partial charge < -0.3 is 14.9 Å². The van der Waals surface area contributed by atoms with Crippen molar-refractivity contribution < 1.29 is 24.1 Å². The van der Waals surface area contributed by atoms with Crippen molar-refractivity contribution >= 4 is 5.97 Å². The lowest BCUT2D eigenvalue weighted by atomic mass is 10.1. The third kappa shape index (κ3) is 3.86. The van der Waals surface area contributed by atoms with Gasteiger partial charge in [-0.15, -0.1) is 0 Å². The first-order valence-corrected chi connectivity index (χ1v) is 4.67. The zero-order valence-electron chi connectivity index (χ0n) is 9.03. The fraction of sp³-hybridized carbons (Fsp3) is 0.364. The van der Waals surface area contributed by atoms with Crippen LogP contribution in [0.3, 0.4) is 0 Å². The van der Waals surface area contributed by atoms with Crippen molar-refractivity contribution in [1.29, 1.82) is 0 Å². The van der Waals surface area contributed by atoms with Gasteiger partial charge in [-0.3, -0.25) is 0 Å². The average Bonchev–Trinajstić information content (AvgIpc) is 2.13. The molecule has 0 radical (unpaired) electrons. The van der Waals surface area contributed by atoms with Crippen molar-refractivity contribution in [3.05, 3.63) is 29.6 Å². The Balaban J connectivity index is 2.85. The summed E-state index contributed by atoms with van der Waals surface area (Å²) in [5.74, 6) is -1.84. The van der Waals surface area contributed by atoms with E-state index >= 15 is 0 Å². The maximum atomic E-state index is 13.0. The van der Waals surface area contributed by atoms with Crippen LogP contribution in [0, 0.1) is 5.82 Å². The van der Waals surface area contributed by atoms with Gasteiger partial charge in [0, 0.05) is 6.07 Å². The number of carbonyl (C=O) groups is 1. The molecule has 0 fully saturated rings. The molecular weight excluding hydrogens is 215 g/mol. The van der Waals surface area contributed by atoms with Crippen LogP contribution in [-0.2, 0) is 0 Å². The van der Waals surface area contributed by atoms with Gasteiger partial charge in [-0.05, 0) is 26.0 Å². The van der Waals surface area contributed by atoms with Gasteiger partial charge in [0.15, 0.2) is 0 Å². The lowest BCUT2D eigenvalue weighted by Gasteiger charge is -2.17. The van der Waals surface area contributed by atoms with E-state index in [1.165, 1.54) is 19.9 Å². The minimum atomic E-state index is -1.23. The Morgan fingerprint density at radius 2 is 2.06 bits per heavy atom. The second-order valence-electron chi connectivity index (χ2n) is 4.08. The Labute approximate surface area is 92.3 Å². The zero-order valence-corrected chi connectivity index (χ0v) is 9.03. The fourth-order valence-corrected chi connectivity index (χ4v) is 1.03. The molecule has 1 aromatic carbocycles. The van der Waals surface area contributed by atoms with Crippen LogP contribution >= 0.6 is 0 Å². The fourth-order valence-electron chi connectivity index (χ4n) is 1.03. The Kier molecular flexibility index (Phi) is 3.49. The van der Waals surface area contributed by atoms with Gasteiger partial charge in [0.05, 0.1) is 11.2 Å². The van der Waals surface area contributed by atoms with Crippen LogP contribution in [0.1, 0.15) is 24.2 Å². The molecule has 0 unspecified atom stereocenters. The summed E-state index contributed by atoms with van der Waals surface area (Å²) < 4.78 is 18.1. The number of aromatic carboxylic acids is 1. The third-order valence-electron chi connectivity index (χ3n) is 1.71. The number of benzene rings is 1. The first kappa shape index (κ1) is 12.4. The molecule has 0 aromatic heterocycles. The number of hydrogen-bond acceptors (Lipinski definition) is 3. The highest BCUT2D eigenvalue weighted by atomic mass is 19.1. The van der Waals surface area contributed by atoms with E-state index in [1.807, 2.05) is 0 Å². The van der Waals surface area contributed by atoms with Crippen molar-refractivity contribution in [2.75, 3.05) is 6.61 Å². The van der Waals surface area contributed by atoms with Crippen LogP contribution in [0.2, 0.25) is 0 Å².